The van der Waals surface area contributed by atoms with Crippen LogP contribution in [-0.4, -0.2) is 34.6 Å². The van der Waals surface area contributed by atoms with Gasteiger partial charge in [0.25, 0.3) is 17.7 Å². The molecule has 0 spiro atoms. The van der Waals surface area contributed by atoms with Gasteiger partial charge >= 0.3 is 0 Å². The lowest BCUT2D eigenvalue weighted by atomic mass is 10.0. The number of hydrogen-bond donors (Lipinski definition) is 0. The molecule has 0 N–H and O–H groups in total. The van der Waals surface area contributed by atoms with Crippen molar-refractivity contribution in [2.45, 2.75) is 19.5 Å². The molecule has 0 saturated heterocycles. The quantitative estimate of drug-likeness (QED) is 0.602. The zero-order valence-corrected chi connectivity index (χ0v) is 16.9. The highest BCUT2D eigenvalue weighted by molar-refractivity contribution is 6.22. The highest BCUT2D eigenvalue weighted by Crippen LogP contribution is 2.27. The summed E-state index contributed by atoms with van der Waals surface area (Å²) >= 11 is 0. The number of hydrogen-bond acceptors (Lipinski definition) is 3. The molecule has 3 aromatic rings. The molecule has 150 valence electrons. The predicted octanol–water partition coefficient (Wildman–Crippen LogP) is 4.32. The van der Waals surface area contributed by atoms with E-state index in [-0.39, 0.29) is 35.9 Å². The molecule has 5 nitrogen and oxygen atoms in total. The van der Waals surface area contributed by atoms with Crippen LogP contribution < -0.4 is 0 Å². The lowest BCUT2D eigenvalue weighted by Crippen LogP contribution is -2.30. The van der Waals surface area contributed by atoms with Crippen LogP contribution in [0.15, 0.2) is 78.9 Å². The van der Waals surface area contributed by atoms with Gasteiger partial charge in [-0.1, -0.05) is 60.7 Å². The lowest BCUT2D eigenvalue weighted by Gasteiger charge is -2.25. The van der Waals surface area contributed by atoms with E-state index in [4.69, 9.17) is 0 Å². The molecule has 0 aliphatic carbocycles. The molecule has 1 aliphatic heterocycles. The van der Waals surface area contributed by atoms with Crippen LogP contribution in [0.25, 0.3) is 0 Å². The lowest BCUT2D eigenvalue weighted by molar-refractivity contribution is 0.0642. The monoisotopic (exact) mass is 398 g/mol. The summed E-state index contributed by atoms with van der Waals surface area (Å²) in [6.07, 6.45) is 0. The fraction of sp³-hybridized carbons (Fsp3) is 0.160. The Hall–Kier alpha value is -3.73. The van der Waals surface area contributed by atoms with Crippen molar-refractivity contribution >= 4 is 17.7 Å². The Bertz CT molecular complexity index is 1110. The van der Waals surface area contributed by atoms with E-state index < -0.39 is 0 Å². The number of fused-ring (bicyclic) bond motifs is 1. The molecule has 5 heteroatoms. The normalized spacial score (nSPS) is 13.9. The molecule has 0 radical (unpaired) electrons. The van der Waals surface area contributed by atoms with Crippen molar-refractivity contribution in [1.29, 1.82) is 0 Å². The summed E-state index contributed by atoms with van der Waals surface area (Å²) < 4.78 is 0. The van der Waals surface area contributed by atoms with Crippen molar-refractivity contribution in [2.75, 3.05) is 7.05 Å². The Labute approximate surface area is 175 Å². The van der Waals surface area contributed by atoms with Crippen LogP contribution in [0.5, 0.6) is 0 Å². The minimum absolute atomic E-state index is 0.126. The van der Waals surface area contributed by atoms with Gasteiger partial charge in [0.1, 0.15) is 0 Å². The van der Waals surface area contributed by atoms with Gasteiger partial charge in [0.05, 0.1) is 23.7 Å². The maximum absolute atomic E-state index is 13.0. The third-order valence-electron chi connectivity index (χ3n) is 5.58. The molecular formula is C25H22N2O3. The van der Waals surface area contributed by atoms with Crippen molar-refractivity contribution in [3.63, 3.8) is 0 Å². The first kappa shape index (κ1) is 19.6. The van der Waals surface area contributed by atoms with Gasteiger partial charge in [0, 0.05) is 12.6 Å². The number of amides is 3. The van der Waals surface area contributed by atoms with Gasteiger partial charge < -0.3 is 4.90 Å². The molecule has 0 fully saturated rings. The first-order valence-electron chi connectivity index (χ1n) is 9.83. The van der Waals surface area contributed by atoms with E-state index in [9.17, 15) is 14.4 Å². The molecule has 0 aromatic heterocycles. The fourth-order valence-electron chi connectivity index (χ4n) is 3.67. The largest absolute Gasteiger partial charge is 0.335 e. The third-order valence-corrected chi connectivity index (χ3v) is 5.58. The number of nitrogens with zero attached hydrogens (tertiary/aromatic N) is 2. The Kier molecular flexibility index (Phi) is 5.19. The molecule has 0 saturated carbocycles. The highest BCUT2D eigenvalue weighted by atomic mass is 16.2. The van der Waals surface area contributed by atoms with E-state index in [1.54, 1.807) is 24.1 Å². The topological polar surface area (TPSA) is 57.7 Å². The summed E-state index contributed by atoms with van der Waals surface area (Å²) in [5.74, 6) is -0.896. The molecule has 1 heterocycles. The van der Waals surface area contributed by atoms with Gasteiger partial charge in [-0.25, -0.2) is 0 Å². The van der Waals surface area contributed by atoms with Crippen LogP contribution in [0.4, 0.5) is 0 Å². The molecule has 1 unspecified atom stereocenters. The summed E-state index contributed by atoms with van der Waals surface area (Å²) in [6.45, 7) is 2.16. The maximum atomic E-state index is 13.0. The summed E-state index contributed by atoms with van der Waals surface area (Å²) in [5, 5.41) is 0. The van der Waals surface area contributed by atoms with E-state index in [0.717, 1.165) is 11.1 Å². The molecule has 30 heavy (non-hydrogen) atoms. The minimum Gasteiger partial charge on any atom is -0.335 e. The second kappa shape index (κ2) is 7.95. The van der Waals surface area contributed by atoms with Gasteiger partial charge in [-0.2, -0.15) is 0 Å². The van der Waals surface area contributed by atoms with Crippen LogP contribution in [0.2, 0.25) is 0 Å². The summed E-state index contributed by atoms with van der Waals surface area (Å²) in [4.78, 5) is 41.5. The summed E-state index contributed by atoms with van der Waals surface area (Å²) in [6, 6.07) is 23.7. The molecule has 4 rings (SSSR count). The second-order valence-electron chi connectivity index (χ2n) is 7.45. The van der Waals surface area contributed by atoms with Gasteiger partial charge in [-0.3, -0.25) is 19.3 Å². The van der Waals surface area contributed by atoms with Crippen molar-refractivity contribution in [3.05, 3.63) is 107 Å². The minimum atomic E-state index is -0.368. The van der Waals surface area contributed by atoms with Crippen molar-refractivity contribution in [3.8, 4) is 0 Å². The van der Waals surface area contributed by atoms with Crippen molar-refractivity contribution in [1.82, 2.24) is 9.80 Å². The molecule has 3 amide bonds. The highest BCUT2D eigenvalue weighted by Gasteiger charge is 2.36. The van der Waals surface area contributed by atoms with Crippen LogP contribution in [0.1, 0.15) is 55.2 Å². The van der Waals surface area contributed by atoms with E-state index in [2.05, 4.69) is 0 Å². The van der Waals surface area contributed by atoms with Gasteiger partial charge in [-0.15, -0.1) is 0 Å². The summed E-state index contributed by atoms with van der Waals surface area (Å²) in [7, 11) is 1.74. The van der Waals surface area contributed by atoms with Crippen molar-refractivity contribution < 1.29 is 14.4 Å². The van der Waals surface area contributed by atoms with Crippen LogP contribution >= 0.6 is 0 Å². The second-order valence-corrected chi connectivity index (χ2v) is 7.45. The first-order chi connectivity index (χ1) is 14.5. The third kappa shape index (κ3) is 3.50. The SMILES string of the molecule is CC(c1ccccc1)N(C)C(=O)c1ccc2c(c1)C(=O)N(Cc1ccccc1)C2=O. The molecule has 1 atom stereocenters. The summed E-state index contributed by atoms with van der Waals surface area (Å²) in [5.41, 5.74) is 2.91. The Morgan fingerprint density at radius 2 is 1.47 bits per heavy atom. The van der Waals surface area contributed by atoms with Crippen LogP contribution in [0.3, 0.4) is 0 Å². The smallest absolute Gasteiger partial charge is 0.261 e. The molecule has 3 aromatic carbocycles. The number of carbonyl (C=O) groups is 3. The molecular weight excluding hydrogens is 376 g/mol. The average Bonchev–Trinajstić information content (AvgIpc) is 3.03. The average molecular weight is 398 g/mol. The van der Waals surface area contributed by atoms with E-state index in [1.807, 2.05) is 67.6 Å². The Morgan fingerprint density at radius 1 is 0.867 bits per heavy atom. The van der Waals surface area contributed by atoms with Gasteiger partial charge in [-0.05, 0) is 36.2 Å². The first-order valence-corrected chi connectivity index (χ1v) is 9.83. The van der Waals surface area contributed by atoms with E-state index in [1.165, 1.54) is 11.0 Å². The van der Waals surface area contributed by atoms with Gasteiger partial charge in [0.2, 0.25) is 0 Å². The van der Waals surface area contributed by atoms with Gasteiger partial charge in [0.15, 0.2) is 0 Å². The molecule has 1 aliphatic rings. The number of carbonyl (C=O) groups excluding carboxylic acids is 3. The number of benzene rings is 3. The predicted molar refractivity (Wildman–Crippen MR) is 114 cm³/mol. The van der Waals surface area contributed by atoms with Crippen LogP contribution in [0, 0.1) is 0 Å². The van der Waals surface area contributed by atoms with Crippen LogP contribution in [-0.2, 0) is 6.54 Å². The Morgan fingerprint density at radius 3 is 2.13 bits per heavy atom. The maximum Gasteiger partial charge on any atom is 0.261 e. The Balaban J connectivity index is 1.57. The van der Waals surface area contributed by atoms with Crippen molar-refractivity contribution in [2.24, 2.45) is 0 Å². The fourth-order valence-corrected chi connectivity index (χ4v) is 3.67. The van der Waals surface area contributed by atoms with E-state index in [0.29, 0.717) is 11.1 Å². The molecule has 0 bridgehead atoms. The van der Waals surface area contributed by atoms with E-state index >= 15 is 0 Å². The zero-order valence-electron chi connectivity index (χ0n) is 16.9. The number of rotatable bonds is 5. The number of imide groups is 1. The standard InChI is InChI=1S/C25H22N2O3/c1-17(19-11-7-4-8-12-19)26(2)23(28)20-13-14-21-22(15-20)25(30)27(24(21)29)16-18-9-5-3-6-10-18/h3-15,17H,16H2,1-2H3. The zero-order chi connectivity index (χ0) is 21.3.